The molecule has 0 aliphatic carbocycles. The Labute approximate surface area is 122 Å². The number of carbonyl (C=O) groups excluding carboxylic acids is 1. The van der Waals surface area contributed by atoms with Gasteiger partial charge in [-0.2, -0.15) is 8.78 Å². The van der Waals surface area contributed by atoms with Crippen molar-refractivity contribution in [3.8, 4) is 5.75 Å². The highest BCUT2D eigenvalue weighted by Gasteiger charge is 2.24. The molecule has 1 aromatic rings. The van der Waals surface area contributed by atoms with Crippen LogP contribution in [-0.4, -0.2) is 25.0 Å². The molecule has 1 rings (SSSR count). The molecule has 3 nitrogen and oxygen atoms in total. The van der Waals surface area contributed by atoms with Crippen LogP contribution in [0.2, 0.25) is 0 Å². The Kier molecular flexibility index (Phi) is 5.96. The van der Waals surface area contributed by atoms with E-state index in [9.17, 15) is 13.6 Å². The van der Waals surface area contributed by atoms with Gasteiger partial charge in [-0.05, 0) is 30.7 Å². The normalized spacial score (nSPS) is 12.5. The molecular weight excluding hydrogens is 276 g/mol. The van der Waals surface area contributed by atoms with Gasteiger partial charge in [-0.3, -0.25) is 9.79 Å². The molecular formula is C16H17F2NO2. The van der Waals surface area contributed by atoms with E-state index in [-0.39, 0.29) is 6.61 Å². The van der Waals surface area contributed by atoms with Crippen LogP contribution >= 0.6 is 0 Å². The van der Waals surface area contributed by atoms with Crippen LogP contribution in [-0.2, 0) is 0 Å². The van der Waals surface area contributed by atoms with Crippen molar-refractivity contribution < 1.29 is 18.3 Å². The lowest BCUT2D eigenvalue weighted by Crippen LogP contribution is -2.10. The summed E-state index contributed by atoms with van der Waals surface area (Å²) in [5, 5.41) is 0. The van der Waals surface area contributed by atoms with Crippen LogP contribution in [0.4, 0.5) is 8.78 Å². The second kappa shape index (κ2) is 7.47. The van der Waals surface area contributed by atoms with E-state index >= 15 is 0 Å². The zero-order valence-corrected chi connectivity index (χ0v) is 12.0. The molecule has 0 spiro atoms. The summed E-state index contributed by atoms with van der Waals surface area (Å²) in [7, 11) is 0. The quantitative estimate of drug-likeness (QED) is 0.561. The average Bonchev–Trinajstić information content (AvgIpc) is 2.44. The largest absolute Gasteiger partial charge is 0.489 e. The maximum Gasteiger partial charge on any atom is 0.286 e. The summed E-state index contributed by atoms with van der Waals surface area (Å²) in [6.45, 7) is 5.98. The number of carbonyl (C=O) groups is 1. The summed E-state index contributed by atoms with van der Waals surface area (Å²) < 4.78 is 31.1. The van der Waals surface area contributed by atoms with Crippen LogP contribution in [0.3, 0.4) is 0 Å². The molecule has 112 valence electrons. The van der Waals surface area contributed by atoms with Crippen molar-refractivity contribution in [1.82, 2.24) is 0 Å². The van der Waals surface area contributed by atoms with E-state index in [1.807, 2.05) is 0 Å². The molecule has 0 saturated heterocycles. The molecule has 0 bridgehead atoms. The van der Waals surface area contributed by atoms with Gasteiger partial charge in [0.15, 0.2) is 0 Å². The molecule has 0 heterocycles. The van der Waals surface area contributed by atoms with Gasteiger partial charge < -0.3 is 4.74 Å². The van der Waals surface area contributed by atoms with Crippen molar-refractivity contribution in [2.24, 2.45) is 4.99 Å². The van der Waals surface area contributed by atoms with E-state index in [2.05, 4.69) is 11.6 Å². The van der Waals surface area contributed by atoms with E-state index in [4.69, 9.17) is 4.74 Å². The Morgan fingerprint density at radius 2 is 2.19 bits per heavy atom. The number of aldehydes is 1. The zero-order chi connectivity index (χ0) is 15.9. The lowest BCUT2D eigenvalue weighted by atomic mass is 10.2. The number of hydrogen-bond donors (Lipinski definition) is 0. The van der Waals surface area contributed by atoms with Gasteiger partial charge in [0.2, 0.25) is 0 Å². The summed E-state index contributed by atoms with van der Waals surface area (Å²) in [4.78, 5) is 14.2. The Morgan fingerprint density at radius 3 is 2.81 bits per heavy atom. The van der Waals surface area contributed by atoms with Crippen LogP contribution in [0.25, 0.3) is 0 Å². The minimum absolute atomic E-state index is 0.267. The minimum Gasteiger partial charge on any atom is -0.489 e. The van der Waals surface area contributed by atoms with Gasteiger partial charge in [-0.1, -0.05) is 18.7 Å². The van der Waals surface area contributed by atoms with Crippen molar-refractivity contribution in [1.29, 1.82) is 0 Å². The standard InChI is InChI=1S/C16H17F2NO2/c1-12(7-8-19-13(2)16(3,17)18)11-21-15-6-4-5-14(9-15)10-20/h4-10H,2,11H2,1,3H3/b12-7+,19-8?. The van der Waals surface area contributed by atoms with E-state index in [0.717, 1.165) is 18.8 Å². The third-order valence-corrected chi connectivity index (χ3v) is 2.56. The van der Waals surface area contributed by atoms with E-state index in [1.54, 1.807) is 37.3 Å². The number of rotatable bonds is 7. The molecule has 0 radical (unpaired) electrons. The second-order valence-electron chi connectivity index (χ2n) is 4.61. The van der Waals surface area contributed by atoms with Gasteiger partial charge in [-0.25, -0.2) is 0 Å². The maximum atomic E-state index is 12.8. The zero-order valence-electron chi connectivity index (χ0n) is 12.0. The molecule has 0 atom stereocenters. The Bertz CT molecular complexity index is 572. The first-order chi connectivity index (χ1) is 9.82. The second-order valence-corrected chi connectivity index (χ2v) is 4.61. The van der Waals surface area contributed by atoms with E-state index in [1.165, 1.54) is 6.21 Å². The van der Waals surface area contributed by atoms with Crippen LogP contribution in [0.15, 0.2) is 53.2 Å². The number of allylic oxidation sites excluding steroid dienone is 2. The molecule has 0 fully saturated rings. The highest BCUT2D eigenvalue weighted by atomic mass is 19.3. The summed E-state index contributed by atoms with van der Waals surface area (Å²) in [5.41, 5.74) is 0.825. The van der Waals surface area contributed by atoms with Crippen molar-refractivity contribution in [3.63, 3.8) is 0 Å². The number of benzene rings is 1. The third kappa shape index (κ3) is 6.12. The molecule has 0 unspecified atom stereocenters. The van der Waals surface area contributed by atoms with Gasteiger partial charge in [0.25, 0.3) is 5.92 Å². The van der Waals surface area contributed by atoms with Crippen LogP contribution in [0, 0.1) is 0 Å². The van der Waals surface area contributed by atoms with Gasteiger partial charge in [0.05, 0.1) is 0 Å². The first-order valence-corrected chi connectivity index (χ1v) is 6.28. The minimum atomic E-state index is -3.02. The van der Waals surface area contributed by atoms with Gasteiger partial charge >= 0.3 is 0 Å². The number of aliphatic imine (C=N–C) groups is 1. The van der Waals surface area contributed by atoms with Crippen molar-refractivity contribution in [2.75, 3.05) is 6.61 Å². The van der Waals surface area contributed by atoms with Gasteiger partial charge in [0, 0.05) is 18.7 Å². The molecule has 0 aromatic heterocycles. The summed E-state index contributed by atoms with van der Waals surface area (Å²) in [5.74, 6) is -2.46. The van der Waals surface area contributed by atoms with E-state index < -0.39 is 11.6 Å². The molecule has 0 aliphatic rings. The topological polar surface area (TPSA) is 38.7 Å². The number of hydrogen-bond acceptors (Lipinski definition) is 3. The number of nitrogens with zero attached hydrogens (tertiary/aromatic N) is 1. The predicted octanol–water partition coefficient (Wildman–Crippen LogP) is 4.06. The van der Waals surface area contributed by atoms with Crippen molar-refractivity contribution in [2.45, 2.75) is 19.8 Å². The Hall–Kier alpha value is -2.30. The molecule has 5 heteroatoms. The smallest absolute Gasteiger partial charge is 0.286 e. The molecule has 1 aromatic carbocycles. The fourth-order valence-electron chi connectivity index (χ4n) is 1.29. The summed E-state index contributed by atoms with van der Waals surface area (Å²) in [6, 6.07) is 6.74. The third-order valence-electron chi connectivity index (χ3n) is 2.56. The maximum absolute atomic E-state index is 12.8. The first kappa shape index (κ1) is 16.8. The highest BCUT2D eigenvalue weighted by Crippen LogP contribution is 2.21. The monoisotopic (exact) mass is 293 g/mol. The molecule has 0 aliphatic heterocycles. The number of halogens is 2. The number of ether oxygens (including phenoxy) is 1. The first-order valence-electron chi connectivity index (χ1n) is 6.28. The Balaban J connectivity index is 2.55. The highest BCUT2D eigenvalue weighted by molar-refractivity contribution is 5.75. The van der Waals surface area contributed by atoms with Crippen LogP contribution in [0.5, 0.6) is 5.75 Å². The van der Waals surface area contributed by atoms with Crippen molar-refractivity contribution >= 4 is 12.5 Å². The van der Waals surface area contributed by atoms with Crippen LogP contribution < -0.4 is 4.74 Å². The fourth-order valence-corrected chi connectivity index (χ4v) is 1.29. The average molecular weight is 293 g/mol. The Morgan fingerprint density at radius 1 is 1.48 bits per heavy atom. The molecule has 0 N–H and O–H groups in total. The lowest BCUT2D eigenvalue weighted by Gasteiger charge is -2.08. The summed E-state index contributed by atoms with van der Waals surface area (Å²) >= 11 is 0. The summed E-state index contributed by atoms with van der Waals surface area (Å²) in [6.07, 6.45) is 3.57. The lowest BCUT2D eigenvalue weighted by molar-refractivity contribution is 0.0628. The van der Waals surface area contributed by atoms with Gasteiger partial charge in [-0.15, -0.1) is 0 Å². The SMILES string of the molecule is C=C(N=C/C=C(\C)COc1cccc(C=O)c1)C(C)(F)F. The van der Waals surface area contributed by atoms with Crippen molar-refractivity contribution in [3.05, 3.63) is 53.8 Å². The molecule has 21 heavy (non-hydrogen) atoms. The van der Waals surface area contributed by atoms with E-state index in [0.29, 0.717) is 11.3 Å². The number of alkyl halides is 2. The fraction of sp³-hybridized carbons (Fsp3) is 0.250. The molecule has 0 amide bonds. The predicted molar refractivity (Wildman–Crippen MR) is 79.3 cm³/mol. The van der Waals surface area contributed by atoms with Gasteiger partial charge in [0.1, 0.15) is 24.3 Å². The molecule has 0 saturated carbocycles. The van der Waals surface area contributed by atoms with Crippen LogP contribution in [0.1, 0.15) is 24.2 Å².